The molecule has 1 amide bonds. The van der Waals surface area contributed by atoms with Crippen molar-refractivity contribution in [1.82, 2.24) is 20.7 Å². The first-order chi connectivity index (χ1) is 11.7. The van der Waals surface area contributed by atoms with Gasteiger partial charge < -0.3 is 4.90 Å². The molecular formula is C18H25FN4O. The van der Waals surface area contributed by atoms with Gasteiger partial charge in [0.2, 0.25) is 5.91 Å². The number of carbonyl (C=O) groups excluding carboxylic acids is 1. The van der Waals surface area contributed by atoms with Crippen molar-refractivity contribution in [2.24, 2.45) is 5.92 Å². The van der Waals surface area contributed by atoms with Crippen molar-refractivity contribution in [1.29, 1.82) is 0 Å². The second-order valence-corrected chi connectivity index (χ2v) is 7.21. The molecule has 6 heteroatoms. The molecule has 1 aromatic carbocycles. The minimum atomic E-state index is -0.150. The molecule has 0 bridgehead atoms. The van der Waals surface area contributed by atoms with E-state index in [0.29, 0.717) is 12.6 Å². The zero-order valence-electron chi connectivity index (χ0n) is 13.9. The molecular weight excluding hydrogens is 307 g/mol. The summed E-state index contributed by atoms with van der Waals surface area (Å²) in [4.78, 5) is 16.8. The van der Waals surface area contributed by atoms with Crippen molar-refractivity contribution in [2.75, 3.05) is 26.2 Å². The van der Waals surface area contributed by atoms with E-state index in [0.717, 1.165) is 44.1 Å². The molecule has 130 valence electrons. The van der Waals surface area contributed by atoms with E-state index in [4.69, 9.17) is 0 Å². The molecule has 1 aromatic rings. The number of amides is 1. The van der Waals surface area contributed by atoms with Crippen LogP contribution in [-0.2, 0) is 11.3 Å². The van der Waals surface area contributed by atoms with Gasteiger partial charge in [0.05, 0.1) is 0 Å². The summed E-state index contributed by atoms with van der Waals surface area (Å²) in [6.45, 7) is 3.65. The Labute approximate surface area is 142 Å². The predicted molar refractivity (Wildman–Crippen MR) is 89.4 cm³/mol. The third-order valence-corrected chi connectivity index (χ3v) is 5.46. The fourth-order valence-electron chi connectivity index (χ4n) is 3.77. The monoisotopic (exact) mass is 332 g/mol. The molecule has 2 atom stereocenters. The number of hydrazine groups is 1. The summed E-state index contributed by atoms with van der Waals surface area (Å²) in [5.41, 5.74) is 7.19. The highest BCUT2D eigenvalue weighted by Crippen LogP contribution is 2.35. The molecule has 2 N–H and O–H groups in total. The molecule has 3 fully saturated rings. The van der Waals surface area contributed by atoms with Gasteiger partial charge in [-0.15, -0.1) is 0 Å². The van der Waals surface area contributed by atoms with E-state index < -0.39 is 0 Å². The van der Waals surface area contributed by atoms with Gasteiger partial charge in [-0.25, -0.2) is 9.82 Å². The Hall–Kier alpha value is -1.50. The number of benzene rings is 1. The van der Waals surface area contributed by atoms with Gasteiger partial charge in [0.15, 0.2) is 0 Å². The summed E-state index contributed by atoms with van der Waals surface area (Å²) in [5.74, 6) is 0.812. The lowest BCUT2D eigenvalue weighted by Gasteiger charge is -2.35. The number of carbonyl (C=O) groups is 1. The first-order valence-corrected chi connectivity index (χ1v) is 8.96. The molecule has 2 aliphatic heterocycles. The van der Waals surface area contributed by atoms with Gasteiger partial charge >= 0.3 is 0 Å². The molecule has 4 rings (SSSR count). The summed E-state index contributed by atoms with van der Waals surface area (Å²) in [6.07, 6.45) is 3.48. The Balaban J connectivity index is 1.26. The molecule has 5 nitrogen and oxygen atoms in total. The number of hydrogen-bond acceptors (Lipinski definition) is 4. The van der Waals surface area contributed by atoms with Crippen LogP contribution in [0.1, 0.15) is 24.8 Å². The number of piperazine rings is 1. The summed E-state index contributed by atoms with van der Waals surface area (Å²) < 4.78 is 13.8. The Morgan fingerprint density at radius 3 is 2.58 bits per heavy atom. The molecule has 2 saturated heterocycles. The molecule has 2 unspecified atom stereocenters. The average molecular weight is 332 g/mol. The van der Waals surface area contributed by atoms with E-state index in [2.05, 4.69) is 15.8 Å². The van der Waals surface area contributed by atoms with E-state index in [9.17, 15) is 9.18 Å². The van der Waals surface area contributed by atoms with Crippen LogP contribution in [0.5, 0.6) is 0 Å². The van der Waals surface area contributed by atoms with Gasteiger partial charge in [0.25, 0.3) is 0 Å². The number of nitrogens with zero attached hydrogens (tertiary/aromatic N) is 2. The SMILES string of the molecule is O=C(C1CC(C2CC2)NN1)N1CCN(Cc2ccccc2F)CC1. The summed E-state index contributed by atoms with van der Waals surface area (Å²) in [7, 11) is 0. The third-order valence-electron chi connectivity index (χ3n) is 5.46. The number of hydrogen-bond donors (Lipinski definition) is 2. The van der Waals surface area contributed by atoms with Crippen LogP contribution in [0.2, 0.25) is 0 Å². The first-order valence-electron chi connectivity index (χ1n) is 8.96. The van der Waals surface area contributed by atoms with Crippen LogP contribution in [0.3, 0.4) is 0 Å². The number of halogens is 1. The van der Waals surface area contributed by atoms with E-state index in [-0.39, 0.29) is 17.8 Å². The second kappa shape index (κ2) is 6.78. The third kappa shape index (κ3) is 3.45. The Kier molecular flexibility index (Phi) is 4.52. The topological polar surface area (TPSA) is 47.6 Å². The van der Waals surface area contributed by atoms with E-state index in [1.807, 2.05) is 17.0 Å². The van der Waals surface area contributed by atoms with Crippen molar-refractivity contribution < 1.29 is 9.18 Å². The zero-order valence-corrected chi connectivity index (χ0v) is 13.9. The van der Waals surface area contributed by atoms with Crippen LogP contribution >= 0.6 is 0 Å². The fraction of sp³-hybridized carbons (Fsp3) is 0.611. The Morgan fingerprint density at radius 2 is 1.88 bits per heavy atom. The van der Waals surface area contributed by atoms with Crippen LogP contribution in [0.25, 0.3) is 0 Å². The van der Waals surface area contributed by atoms with Crippen molar-refractivity contribution in [3.05, 3.63) is 35.6 Å². The molecule has 1 saturated carbocycles. The van der Waals surface area contributed by atoms with E-state index in [1.165, 1.54) is 18.9 Å². The normalized spacial score (nSPS) is 28.3. The Morgan fingerprint density at radius 1 is 1.12 bits per heavy atom. The van der Waals surface area contributed by atoms with Crippen LogP contribution < -0.4 is 10.9 Å². The quantitative estimate of drug-likeness (QED) is 0.867. The lowest BCUT2D eigenvalue weighted by Crippen LogP contribution is -2.53. The van der Waals surface area contributed by atoms with Gasteiger partial charge in [-0.1, -0.05) is 18.2 Å². The maximum Gasteiger partial charge on any atom is 0.241 e. The fourth-order valence-corrected chi connectivity index (χ4v) is 3.77. The second-order valence-electron chi connectivity index (χ2n) is 7.21. The van der Waals surface area contributed by atoms with Crippen LogP contribution in [0.15, 0.2) is 24.3 Å². The summed E-state index contributed by atoms with van der Waals surface area (Å²) >= 11 is 0. The average Bonchev–Trinajstić information content (AvgIpc) is 3.34. The van der Waals surface area contributed by atoms with Gasteiger partial charge in [-0.2, -0.15) is 0 Å². The smallest absolute Gasteiger partial charge is 0.241 e. The molecule has 3 aliphatic rings. The highest BCUT2D eigenvalue weighted by molar-refractivity contribution is 5.82. The van der Waals surface area contributed by atoms with Crippen LogP contribution in [-0.4, -0.2) is 54.0 Å². The lowest BCUT2D eigenvalue weighted by atomic mass is 10.1. The van der Waals surface area contributed by atoms with Crippen molar-refractivity contribution in [3.8, 4) is 0 Å². The molecule has 1 aliphatic carbocycles. The summed E-state index contributed by atoms with van der Waals surface area (Å²) in [6, 6.07) is 7.29. The highest BCUT2D eigenvalue weighted by atomic mass is 19.1. The van der Waals surface area contributed by atoms with Gasteiger partial charge in [0.1, 0.15) is 11.9 Å². The highest BCUT2D eigenvalue weighted by Gasteiger charge is 2.40. The van der Waals surface area contributed by atoms with Crippen LogP contribution in [0, 0.1) is 11.7 Å². The Bertz CT molecular complexity index is 598. The van der Waals surface area contributed by atoms with Gasteiger partial charge in [0, 0.05) is 44.3 Å². The lowest BCUT2D eigenvalue weighted by molar-refractivity contribution is -0.135. The number of nitrogens with one attached hydrogen (secondary N) is 2. The largest absolute Gasteiger partial charge is 0.339 e. The summed E-state index contributed by atoms with van der Waals surface area (Å²) in [5, 5.41) is 0. The molecule has 0 radical (unpaired) electrons. The number of rotatable bonds is 4. The first kappa shape index (κ1) is 16.0. The minimum absolute atomic E-state index is 0.0892. The van der Waals surface area contributed by atoms with Gasteiger partial charge in [-0.3, -0.25) is 15.1 Å². The predicted octanol–water partition coefficient (Wildman–Crippen LogP) is 1.12. The van der Waals surface area contributed by atoms with Crippen molar-refractivity contribution >= 4 is 5.91 Å². The molecule has 2 heterocycles. The van der Waals surface area contributed by atoms with Crippen molar-refractivity contribution in [3.63, 3.8) is 0 Å². The maximum absolute atomic E-state index is 13.8. The van der Waals surface area contributed by atoms with E-state index >= 15 is 0 Å². The van der Waals surface area contributed by atoms with Gasteiger partial charge in [-0.05, 0) is 31.2 Å². The maximum atomic E-state index is 13.8. The minimum Gasteiger partial charge on any atom is -0.339 e. The molecule has 0 spiro atoms. The van der Waals surface area contributed by atoms with Crippen LogP contribution in [0.4, 0.5) is 4.39 Å². The molecule has 0 aromatic heterocycles. The van der Waals surface area contributed by atoms with Crippen molar-refractivity contribution in [2.45, 2.75) is 37.9 Å². The standard InChI is InChI=1S/C18H25FN4O/c19-15-4-2-1-3-14(15)12-22-7-9-23(10-8-22)18(24)17-11-16(20-21-17)13-5-6-13/h1-4,13,16-17,20-21H,5-12H2. The zero-order chi connectivity index (χ0) is 16.5. The van der Waals surface area contributed by atoms with E-state index in [1.54, 1.807) is 6.07 Å². The molecule has 24 heavy (non-hydrogen) atoms.